The van der Waals surface area contributed by atoms with Crippen LogP contribution in [0.2, 0.25) is 0 Å². The highest BCUT2D eigenvalue weighted by molar-refractivity contribution is 7.09. The van der Waals surface area contributed by atoms with Gasteiger partial charge in [-0.1, -0.05) is 13.8 Å². The lowest BCUT2D eigenvalue weighted by atomic mass is 10.1. The fourth-order valence-electron chi connectivity index (χ4n) is 1.58. The second kappa shape index (κ2) is 6.71. The molecule has 17 heavy (non-hydrogen) atoms. The molecule has 1 aromatic heterocycles. The number of hydrogen-bond donors (Lipinski definition) is 2. The number of rotatable bonds is 6. The van der Waals surface area contributed by atoms with Gasteiger partial charge in [-0.2, -0.15) is 0 Å². The van der Waals surface area contributed by atoms with Gasteiger partial charge in [-0.05, 0) is 19.3 Å². The highest BCUT2D eigenvalue weighted by Crippen LogP contribution is 2.08. The maximum absolute atomic E-state index is 11.6. The maximum Gasteiger partial charge on any atom is 0.226 e. The first kappa shape index (κ1) is 14.1. The number of nitrogens with one attached hydrogen (secondary N) is 1. The van der Waals surface area contributed by atoms with E-state index >= 15 is 0 Å². The Morgan fingerprint density at radius 2 is 2.29 bits per heavy atom. The molecule has 1 atom stereocenters. The molecule has 0 aliphatic rings. The van der Waals surface area contributed by atoms with Crippen LogP contribution in [0.1, 0.15) is 31.0 Å². The number of amides is 1. The van der Waals surface area contributed by atoms with Gasteiger partial charge in [-0.25, -0.2) is 4.98 Å². The Balaban J connectivity index is 2.26. The minimum Gasteiger partial charge on any atom is -0.391 e. The number of aryl methyl sites for hydroxylation is 1. The summed E-state index contributed by atoms with van der Waals surface area (Å²) in [7, 11) is 0. The molecule has 96 valence electrons. The number of carbonyl (C=O) groups excluding carboxylic acids is 1. The minimum atomic E-state index is -0.462. The fraction of sp³-hybridized carbons (Fsp3) is 0.667. The molecule has 0 radical (unpaired) electrons. The highest BCUT2D eigenvalue weighted by Gasteiger charge is 2.10. The number of aliphatic hydroxyl groups excluding tert-OH is 1. The Hall–Kier alpha value is -0.940. The van der Waals surface area contributed by atoms with Crippen molar-refractivity contribution in [2.75, 3.05) is 6.54 Å². The third kappa shape index (κ3) is 5.79. The standard InChI is InChI=1S/C12H20N2O2S/c1-8(2)4-11(15)6-13-12(16)5-10-7-17-9(3)14-10/h7-8,11,15H,4-6H2,1-3H3,(H,13,16). The average molecular weight is 256 g/mol. The second-order valence-electron chi connectivity index (χ2n) is 4.62. The molecule has 1 unspecified atom stereocenters. The zero-order chi connectivity index (χ0) is 12.8. The Morgan fingerprint density at radius 3 is 2.82 bits per heavy atom. The van der Waals surface area contributed by atoms with Gasteiger partial charge in [0.15, 0.2) is 0 Å². The number of aromatic nitrogens is 1. The molecule has 5 heteroatoms. The molecule has 0 spiro atoms. The van der Waals surface area contributed by atoms with Gasteiger partial charge in [0.2, 0.25) is 5.91 Å². The molecule has 1 heterocycles. The summed E-state index contributed by atoms with van der Waals surface area (Å²) in [6.45, 7) is 6.32. The van der Waals surface area contributed by atoms with E-state index in [2.05, 4.69) is 10.3 Å². The van der Waals surface area contributed by atoms with Gasteiger partial charge in [0, 0.05) is 11.9 Å². The average Bonchev–Trinajstić information content (AvgIpc) is 2.60. The topological polar surface area (TPSA) is 62.2 Å². The molecular formula is C12H20N2O2S. The Morgan fingerprint density at radius 1 is 1.59 bits per heavy atom. The molecule has 1 rings (SSSR count). The summed E-state index contributed by atoms with van der Waals surface area (Å²) >= 11 is 1.54. The Labute approximate surface area is 106 Å². The van der Waals surface area contributed by atoms with Crippen molar-refractivity contribution >= 4 is 17.2 Å². The van der Waals surface area contributed by atoms with Crippen molar-refractivity contribution in [1.29, 1.82) is 0 Å². The minimum absolute atomic E-state index is 0.0851. The molecule has 0 fully saturated rings. The van der Waals surface area contributed by atoms with Crippen LogP contribution in [-0.4, -0.2) is 28.6 Å². The smallest absolute Gasteiger partial charge is 0.226 e. The SMILES string of the molecule is Cc1nc(CC(=O)NCC(O)CC(C)C)cs1. The normalized spacial score (nSPS) is 12.8. The van der Waals surface area contributed by atoms with Gasteiger partial charge in [-0.3, -0.25) is 4.79 Å². The van der Waals surface area contributed by atoms with Gasteiger partial charge >= 0.3 is 0 Å². The summed E-state index contributed by atoms with van der Waals surface area (Å²) in [5.74, 6) is 0.348. The van der Waals surface area contributed by atoms with Crippen molar-refractivity contribution in [2.24, 2.45) is 5.92 Å². The molecule has 0 saturated heterocycles. The van der Waals surface area contributed by atoms with E-state index in [1.165, 1.54) is 11.3 Å². The summed E-state index contributed by atoms with van der Waals surface area (Å²) in [5, 5.41) is 15.2. The van der Waals surface area contributed by atoms with Crippen molar-refractivity contribution in [2.45, 2.75) is 39.7 Å². The first-order valence-corrected chi connectivity index (χ1v) is 6.71. The van der Waals surface area contributed by atoms with Gasteiger partial charge < -0.3 is 10.4 Å². The Bertz CT molecular complexity index is 363. The van der Waals surface area contributed by atoms with Crippen LogP contribution in [-0.2, 0) is 11.2 Å². The van der Waals surface area contributed by atoms with Gasteiger partial charge in [-0.15, -0.1) is 11.3 Å². The first-order chi connectivity index (χ1) is 7.97. The lowest BCUT2D eigenvalue weighted by Crippen LogP contribution is -2.33. The molecule has 2 N–H and O–H groups in total. The van der Waals surface area contributed by atoms with Crippen LogP contribution in [0, 0.1) is 12.8 Å². The molecule has 0 bridgehead atoms. The fourth-order valence-corrected chi connectivity index (χ4v) is 2.19. The largest absolute Gasteiger partial charge is 0.391 e. The highest BCUT2D eigenvalue weighted by atomic mass is 32.1. The van der Waals surface area contributed by atoms with Gasteiger partial charge in [0.1, 0.15) is 0 Å². The molecule has 0 aliphatic carbocycles. The van der Waals surface area contributed by atoms with Gasteiger partial charge in [0.25, 0.3) is 0 Å². The molecule has 4 nitrogen and oxygen atoms in total. The van der Waals surface area contributed by atoms with Crippen molar-refractivity contribution in [3.05, 3.63) is 16.1 Å². The summed E-state index contributed by atoms with van der Waals surface area (Å²) < 4.78 is 0. The van der Waals surface area contributed by atoms with Crippen LogP contribution < -0.4 is 5.32 Å². The van der Waals surface area contributed by atoms with Crippen molar-refractivity contribution < 1.29 is 9.90 Å². The van der Waals surface area contributed by atoms with Crippen LogP contribution >= 0.6 is 11.3 Å². The quantitative estimate of drug-likeness (QED) is 0.811. The Kier molecular flexibility index (Phi) is 5.58. The molecule has 0 aliphatic heterocycles. The molecule has 1 amide bonds. The van der Waals surface area contributed by atoms with E-state index in [0.717, 1.165) is 10.7 Å². The van der Waals surface area contributed by atoms with Crippen LogP contribution in [0.4, 0.5) is 0 Å². The zero-order valence-corrected chi connectivity index (χ0v) is 11.4. The first-order valence-electron chi connectivity index (χ1n) is 5.83. The summed E-state index contributed by atoms with van der Waals surface area (Å²) in [6, 6.07) is 0. The van der Waals surface area contributed by atoms with Crippen molar-refractivity contribution in [3.63, 3.8) is 0 Å². The summed E-state index contributed by atoms with van der Waals surface area (Å²) in [6.07, 6.45) is 0.533. The third-order valence-corrected chi connectivity index (χ3v) is 3.11. The van der Waals surface area contributed by atoms with E-state index in [4.69, 9.17) is 0 Å². The van der Waals surface area contributed by atoms with Crippen molar-refractivity contribution in [1.82, 2.24) is 10.3 Å². The van der Waals surface area contributed by atoms with E-state index < -0.39 is 6.10 Å². The number of thiazole rings is 1. The monoisotopic (exact) mass is 256 g/mol. The lowest BCUT2D eigenvalue weighted by Gasteiger charge is -2.13. The third-order valence-electron chi connectivity index (χ3n) is 2.29. The predicted octanol–water partition coefficient (Wildman–Crippen LogP) is 1.52. The lowest BCUT2D eigenvalue weighted by molar-refractivity contribution is -0.121. The van der Waals surface area contributed by atoms with E-state index in [9.17, 15) is 9.90 Å². The second-order valence-corrected chi connectivity index (χ2v) is 5.68. The number of carbonyl (C=O) groups is 1. The van der Waals surface area contributed by atoms with Crippen LogP contribution in [0.15, 0.2) is 5.38 Å². The zero-order valence-electron chi connectivity index (χ0n) is 10.6. The van der Waals surface area contributed by atoms with E-state index in [1.54, 1.807) is 0 Å². The molecule has 1 aromatic rings. The van der Waals surface area contributed by atoms with E-state index in [-0.39, 0.29) is 5.91 Å². The predicted molar refractivity (Wildman–Crippen MR) is 69.0 cm³/mol. The van der Waals surface area contributed by atoms with Crippen LogP contribution in [0.25, 0.3) is 0 Å². The number of nitrogens with zero attached hydrogens (tertiary/aromatic N) is 1. The maximum atomic E-state index is 11.6. The molecule has 0 aromatic carbocycles. The number of aliphatic hydroxyl groups is 1. The molecular weight excluding hydrogens is 236 g/mol. The summed E-state index contributed by atoms with van der Waals surface area (Å²) in [4.78, 5) is 15.8. The summed E-state index contributed by atoms with van der Waals surface area (Å²) in [5.41, 5.74) is 0.795. The van der Waals surface area contributed by atoms with Gasteiger partial charge in [0.05, 0.1) is 23.2 Å². The van der Waals surface area contributed by atoms with E-state index in [0.29, 0.717) is 25.3 Å². The van der Waals surface area contributed by atoms with E-state index in [1.807, 2.05) is 26.2 Å². The van der Waals surface area contributed by atoms with Crippen LogP contribution in [0.5, 0.6) is 0 Å². The van der Waals surface area contributed by atoms with Crippen molar-refractivity contribution in [3.8, 4) is 0 Å². The van der Waals surface area contributed by atoms with Crippen LogP contribution in [0.3, 0.4) is 0 Å². The number of hydrogen-bond acceptors (Lipinski definition) is 4. The molecule has 0 saturated carbocycles.